The van der Waals surface area contributed by atoms with Crippen LogP contribution in [0.15, 0.2) is 48.5 Å². The molecule has 0 bridgehead atoms. The molecule has 2 aliphatic heterocycles. The zero-order chi connectivity index (χ0) is 22.0. The Bertz CT molecular complexity index is 987. The van der Waals surface area contributed by atoms with Gasteiger partial charge in [0, 0.05) is 0 Å². The van der Waals surface area contributed by atoms with E-state index in [1.54, 1.807) is 31.2 Å². The molecule has 31 heavy (non-hydrogen) atoms. The molecule has 2 aliphatic rings. The fourth-order valence-corrected chi connectivity index (χ4v) is 4.53. The lowest BCUT2D eigenvalue weighted by molar-refractivity contribution is -0.915. The molecule has 4 rings (SSSR count). The number of quaternary nitrogens is 1. The van der Waals surface area contributed by atoms with Crippen molar-refractivity contribution >= 4 is 40.8 Å². The van der Waals surface area contributed by atoms with Gasteiger partial charge >= 0.3 is 5.97 Å². The highest BCUT2D eigenvalue weighted by atomic mass is 35.5. The Balaban J connectivity index is 1.42. The van der Waals surface area contributed by atoms with E-state index < -0.39 is 5.97 Å². The molecule has 162 valence electrons. The number of piperazine rings is 1. The fourth-order valence-electron chi connectivity index (χ4n) is 4.27. The molecule has 1 atom stereocenters. The molecule has 7 nitrogen and oxygen atoms in total. The van der Waals surface area contributed by atoms with E-state index in [0.717, 1.165) is 41.8 Å². The van der Waals surface area contributed by atoms with Gasteiger partial charge in [-0.3, -0.25) is 9.59 Å². The van der Waals surface area contributed by atoms with E-state index >= 15 is 0 Å². The first-order valence-electron chi connectivity index (χ1n) is 10.5. The van der Waals surface area contributed by atoms with Gasteiger partial charge in [-0.1, -0.05) is 23.7 Å². The Morgan fingerprint density at radius 1 is 1.10 bits per heavy atom. The number of hydrogen-bond donors (Lipinski definition) is 1. The molecule has 1 N–H and O–H groups in total. The fraction of sp³-hybridized carbons (Fsp3) is 0.348. The van der Waals surface area contributed by atoms with Gasteiger partial charge in [-0.25, -0.2) is 9.69 Å². The van der Waals surface area contributed by atoms with Crippen molar-refractivity contribution in [3.05, 3.63) is 59.1 Å². The molecular formula is C23H25ClN3O4+. The number of rotatable bonds is 5. The highest BCUT2D eigenvalue weighted by Crippen LogP contribution is 2.26. The predicted molar refractivity (Wildman–Crippen MR) is 118 cm³/mol. The molecule has 1 unspecified atom stereocenters. The van der Waals surface area contributed by atoms with Crippen molar-refractivity contribution in [1.29, 1.82) is 0 Å². The molecule has 2 aromatic carbocycles. The van der Waals surface area contributed by atoms with Crippen molar-refractivity contribution in [3.63, 3.8) is 0 Å². The molecule has 8 heteroatoms. The minimum atomic E-state index is -0.424. The van der Waals surface area contributed by atoms with Crippen molar-refractivity contribution in [2.75, 3.05) is 42.6 Å². The average molecular weight is 443 g/mol. The van der Waals surface area contributed by atoms with Gasteiger partial charge < -0.3 is 14.5 Å². The number of para-hydroxylation sites is 1. The highest BCUT2D eigenvalue weighted by Gasteiger charge is 2.46. The van der Waals surface area contributed by atoms with Crippen molar-refractivity contribution in [1.82, 2.24) is 0 Å². The van der Waals surface area contributed by atoms with Crippen LogP contribution in [0.2, 0.25) is 5.02 Å². The van der Waals surface area contributed by atoms with E-state index in [-0.39, 0.29) is 30.9 Å². The quantitative estimate of drug-likeness (QED) is 0.562. The third-order valence-corrected chi connectivity index (χ3v) is 6.19. The predicted octanol–water partition coefficient (Wildman–Crippen LogP) is 1.55. The lowest BCUT2D eigenvalue weighted by atomic mass is 10.1. The Hall–Kier alpha value is -2.90. The third-order valence-electron chi connectivity index (χ3n) is 5.87. The first-order chi connectivity index (χ1) is 15.0. The maximum atomic E-state index is 13.1. The van der Waals surface area contributed by atoms with Gasteiger partial charge in [-0.2, -0.15) is 0 Å². The smallest absolute Gasteiger partial charge is 0.338 e. The van der Waals surface area contributed by atoms with Crippen LogP contribution in [0.25, 0.3) is 0 Å². The summed E-state index contributed by atoms with van der Waals surface area (Å²) in [5.74, 6) is -0.818. The van der Waals surface area contributed by atoms with E-state index in [1.807, 2.05) is 24.3 Å². The summed E-state index contributed by atoms with van der Waals surface area (Å²) in [4.78, 5) is 42.2. The summed E-state index contributed by atoms with van der Waals surface area (Å²) >= 11 is 6.32. The number of esters is 1. The normalized spacial score (nSPS) is 19.7. The number of halogens is 1. The summed E-state index contributed by atoms with van der Waals surface area (Å²) in [5.41, 5.74) is 1.88. The van der Waals surface area contributed by atoms with E-state index in [4.69, 9.17) is 16.3 Å². The highest BCUT2D eigenvalue weighted by molar-refractivity contribution is 6.33. The van der Waals surface area contributed by atoms with E-state index in [0.29, 0.717) is 11.3 Å². The number of ether oxygens (including phenoxy) is 1. The van der Waals surface area contributed by atoms with Crippen LogP contribution in [0.3, 0.4) is 0 Å². The number of anilines is 2. The van der Waals surface area contributed by atoms with Crippen LogP contribution in [0.5, 0.6) is 0 Å². The van der Waals surface area contributed by atoms with Crippen molar-refractivity contribution in [2.24, 2.45) is 0 Å². The van der Waals surface area contributed by atoms with E-state index in [2.05, 4.69) is 4.90 Å². The third kappa shape index (κ3) is 4.29. The largest absolute Gasteiger partial charge is 0.462 e. The number of imide groups is 1. The number of amides is 2. The van der Waals surface area contributed by atoms with Crippen molar-refractivity contribution < 1.29 is 24.0 Å². The number of nitrogens with zero attached hydrogens (tertiary/aromatic N) is 2. The molecule has 0 radical (unpaired) electrons. The van der Waals surface area contributed by atoms with Crippen molar-refractivity contribution in [2.45, 2.75) is 19.4 Å². The Kier molecular flexibility index (Phi) is 6.25. The lowest BCUT2D eigenvalue weighted by Gasteiger charge is -2.36. The van der Waals surface area contributed by atoms with Crippen LogP contribution in [0.4, 0.5) is 11.4 Å². The first-order valence-corrected chi connectivity index (χ1v) is 10.9. The van der Waals surface area contributed by atoms with Gasteiger partial charge in [-0.15, -0.1) is 0 Å². The van der Waals surface area contributed by atoms with E-state index in [1.165, 1.54) is 4.90 Å². The van der Waals surface area contributed by atoms with Crippen molar-refractivity contribution in [3.8, 4) is 0 Å². The first kappa shape index (κ1) is 21.3. The molecule has 2 aromatic rings. The molecule has 2 amide bonds. The molecule has 0 aliphatic carbocycles. The standard InChI is InChI=1S/C23H24ClN3O4/c1-2-31-23(30)16-7-9-17(10-8-16)27-21(28)15-20(22(27)29)26-13-11-25(12-14-26)19-6-4-3-5-18(19)24/h3-10,20H,2,11-15H2,1H3/p+1. The number of carbonyl (C=O) groups excluding carboxylic acids is 3. The van der Waals surface area contributed by atoms with Crippen LogP contribution < -0.4 is 14.7 Å². The number of carbonyl (C=O) groups is 3. The summed E-state index contributed by atoms with van der Waals surface area (Å²) in [7, 11) is 0. The Morgan fingerprint density at radius 2 is 1.77 bits per heavy atom. The van der Waals surface area contributed by atoms with Gasteiger partial charge in [0.2, 0.25) is 5.91 Å². The summed E-state index contributed by atoms with van der Waals surface area (Å²) in [6.07, 6.45) is 0.194. The number of hydrogen-bond acceptors (Lipinski definition) is 5. The zero-order valence-electron chi connectivity index (χ0n) is 17.3. The van der Waals surface area contributed by atoms with Gasteiger partial charge in [0.15, 0.2) is 6.04 Å². The second kappa shape index (κ2) is 9.08. The van der Waals surface area contributed by atoms with Crippen LogP contribution in [0.1, 0.15) is 23.7 Å². The van der Waals surface area contributed by atoms with Gasteiger partial charge in [0.1, 0.15) is 0 Å². The SMILES string of the molecule is CCOC(=O)c1ccc(N2C(=O)CC([NH+]3CCN(c4ccccc4Cl)CC3)C2=O)cc1. The molecule has 0 saturated carbocycles. The molecule has 0 aromatic heterocycles. The lowest BCUT2D eigenvalue weighted by Crippen LogP contribution is -3.19. The number of benzene rings is 2. The maximum Gasteiger partial charge on any atom is 0.338 e. The molecule has 2 saturated heterocycles. The van der Waals surface area contributed by atoms with Crippen LogP contribution in [-0.4, -0.2) is 56.6 Å². The average Bonchev–Trinajstić information content (AvgIpc) is 3.08. The molecule has 0 spiro atoms. The van der Waals surface area contributed by atoms with Crippen LogP contribution >= 0.6 is 11.6 Å². The van der Waals surface area contributed by atoms with E-state index in [9.17, 15) is 14.4 Å². The monoisotopic (exact) mass is 442 g/mol. The summed E-state index contributed by atoms with van der Waals surface area (Å²) in [6, 6.07) is 13.8. The molecule has 2 heterocycles. The summed E-state index contributed by atoms with van der Waals surface area (Å²) < 4.78 is 4.98. The molecule has 2 fully saturated rings. The van der Waals surface area contributed by atoms with Gasteiger partial charge in [-0.05, 0) is 43.3 Å². The number of nitrogens with one attached hydrogen (secondary N) is 1. The minimum Gasteiger partial charge on any atom is -0.462 e. The Labute approximate surface area is 186 Å². The summed E-state index contributed by atoms with van der Waals surface area (Å²) in [6.45, 7) is 5.08. The van der Waals surface area contributed by atoms with Gasteiger partial charge in [0.25, 0.3) is 5.91 Å². The van der Waals surface area contributed by atoms with Crippen LogP contribution in [0, 0.1) is 0 Å². The summed E-state index contributed by atoms with van der Waals surface area (Å²) in [5, 5.41) is 0.718. The topological polar surface area (TPSA) is 71.4 Å². The van der Waals surface area contributed by atoms with Gasteiger partial charge in [0.05, 0.1) is 61.2 Å². The second-order valence-corrected chi connectivity index (χ2v) is 8.10. The Morgan fingerprint density at radius 3 is 2.42 bits per heavy atom. The maximum absolute atomic E-state index is 13.1. The van der Waals surface area contributed by atoms with Crippen LogP contribution in [-0.2, 0) is 14.3 Å². The second-order valence-electron chi connectivity index (χ2n) is 7.69. The molecular weight excluding hydrogens is 418 g/mol. The zero-order valence-corrected chi connectivity index (χ0v) is 18.1. The minimum absolute atomic E-state index is 0.185.